The first-order valence-corrected chi connectivity index (χ1v) is 14.0. The van der Waals surface area contributed by atoms with Gasteiger partial charge >= 0.3 is 11.9 Å². The number of alkyl halides is 3. The smallest absolute Gasteiger partial charge is 0.390 e. The molecule has 1 heterocycles. The summed E-state index contributed by atoms with van der Waals surface area (Å²) >= 11 is 6.36. The molecule has 1 aromatic heterocycles. The lowest BCUT2D eigenvalue weighted by Gasteiger charge is -2.27. The Morgan fingerprint density at radius 1 is 1.10 bits per heavy atom. The van der Waals surface area contributed by atoms with Crippen LogP contribution in [0.1, 0.15) is 49.7 Å². The predicted octanol–water partition coefficient (Wildman–Crippen LogP) is 6.69. The molecule has 5 rings (SSSR count). The van der Waals surface area contributed by atoms with Crippen LogP contribution in [-0.2, 0) is 19.6 Å². The van der Waals surface area contributed by atoms with Gasteiger partial charge in [-0.2, -0.15) is 13.2 Å². The van der Waals surface area contributed by atoms with Crippen molar-refractivity contribution in [1.82, 2.24) is 14.3 Å². The van der Waals surface area contributed by atoms with E-state index in [4.69, 9.17) is 22.3 Å². The molecule has 2 aliphatic carbocycles. The van der Waals surface area contributed by atoms with Gasteiger partial charge in [0.25, 0.3) is 0 Å². The summed E-state index contributed by atoms with van der Waals surface area (Å²) in [6, 6.07) is 14.8. The van der Waals surface area contributed by atoms with Gasteiger partial charge in [-0.15, -0.1) is 5.10 Å². The summed E-state index contributed by atoms with van der Waals surface area (Å²) in [5, 5.41) is 5.11. The van der Waals surface area contributed by atoms with Crippen LogP contribution in [0.25, 0.3) is 11.4 Å². The topological polar surface area (TPSA) is 78.2 Å². The van der Waals surface area contributed by atoms with Crippen LogP contribution in [0.4, 0.5) is 13.2 Å². The van der Waals surface area contributed by atoms with Crippen LogP contribution < -0.4 is 11.4 Å². The number of aryl methyl sites for hydroxylation is 1. The van der Waals surface area contributed by atoms with Crippen molar-refractivity contribution in [3.8, 4) is 11.4 Å². The van der Waals surface area contributed by atoms with Gasteiger partial charge in [-0.05, 0) is 68.1 Å². The number of halogens is 4. The van der Waals surface area contributed by atoms with Gasteiger partial charge in [-0.3, -0.25) is 9.56 Å². The van der Waals surface area contributed by atoms with Crippen LogP contribution in [-0.4, -0.2) is 26.2 Å². The van der Waals surface area contributed by atoms with Crippen molar-refractivity contribution < 1.29 is 13.2 Å². The number of benzene rings is 2. The summed E-state index contributed by atoms with van der Waals surface area (Å²) < 4.78 is 41.5. The van der Waals surface area contributed by atoms with Gasteiger partial charge < -0.3 is 5.73 Å². The Balaban J connectivity index is 1.47. The number of nitrogens with two attached hydrogens (primary N) is 1. The number of aliphatic imine (C=N–C) groups is 1. The zero-order valence-electron chi connectivity index (χ0n) is 22.4. The summed E-state index contributed by atoms with van der Waals surface area (Å²) in [5.41, 5.74) is 10.8. The van der Waals surface area contributed by atoms with Gasteiger partial charge in [0, 0.05) is 28.5 Å². The Kier molecular flexibility index (Phi) is 8.21. The lowest BCUT2D eigenvalue weighted by atomic mass is 9.80. The quantitative estimate of drug-likeness (QED) is 0.327. The lowest BCUT2D eigenvalue weighted by Crippen LogP contribution is -2.30. The first kappa shape index (κ1) is 28.2. The van der Waals surface area contributed by atoms with Crippen LogP contribution in [0.5, 0.6) is 0 Å². The van der Waals surface area contributed by atoms with Crippen molar-refractivity contribution in [3.63, 3.8) is 0 Å². The lowest BCUT2D eigenvalue weighted by molar-refractivity contribution is -0.136. The molecule has 3 aromatic rings. The second-order valence-electron chi connectivity index (χ2n) is 10.8. The summed E-state index contributed by atoms with van der Waals surface area (Å²) in [6.45, 7) is 1.79. The molecule has 2 saturated carbocycles. The standard InChI is InChI=1S/C30H33ClF3N5O/c1-19-6-8-21(9-7-19)28-37-39(29(40)38(28)15-14-30(32,33)34)18-26(35)24-13-12-22(20-10-11-20)16-27(24)36-17-23-4-2-3-5-25(23)31/h2-9,20,22H,10-18,35H2,1H3/b26-24-,36-27?. The fourth-order valence-electron chi connectivity index (χ4n) is 5.39. The number of hydrogen-bond donors (Lipinski definition) is 1. The number of aromatic nitrogens is 3. The Bertz CT molecular complexity index is 1480. The molecular weight excluding hydrogens is 539 g/mol. The normalized spacial score (nSPS) is 20.2. The van der Waals surface area contributed by atoms with Gasteiger partial charge in [-0.1, -0.05) is 59.6 Å². The van der Waals surface area contributed by atoms with Crippen molar-refractivity contribution in [2.75, 3.05) is 0 Å². The van der Waals surface area contributed by atoms with Crippen LogP contribution >= 0.6 is 11.6 Å². The van der Waals surface area contributed by atoms with Crippen LogP contribution in [0.3, 0.4) is 0 Å². The molecule has 0 spiro atoms. The summed E-state index contributed by atoms with van der Waals surface area (Å²) in [6.07, 6.45) is -0.504. The van der Waals surface area contributed by atoms with E-state index in [2.05, 4.69) is 5.10 Å². The van der Waals surface area contributed by atoms with Crippen LogP contribution in [0, 0.1) is 18.8 Å². The third kappa shape index (κ3) is 6.69. The molecule has 10 heteroatoms. The highest BCUT2D eigenvalue weighted by Gasteiger charge is 2.35. The van der Waals surface area contributed by atoms with E-state index in [1.165, 1.54) is 17.5 Å². The van der Waals surface area contributed by atoms with E-state index in [0.717, 1.165) is 52.2 Å². The van der Waals surface area contributed by atoms with Crippen molar-refractivity contribution in [1.29, 1.82) is 0 Å². The molecule has 0 radical (unpaired) electrons. The average Bonchev–Trinajstić information content (AvgIpc) is 3.72. The van der Waals surface area contributed by atoms with E-state index in [1.54, 1.807) is 12.1 Å². The SMILES string of the molecule is Cc1ccc(-c2nn(C/C(N)=C3\CCC(C4CC4)CC3=NCc3ccccc3Cl)c(=O)n2CCC(F)(F)F)cc1. The zero-order chi connectivity index (χ0) is 28.4. The maximum absolute atomic E-state index is 13.3. The zero-order valence-corrected chi connectivity index (χ0v) is 23.2. The van der Waals surface area contributed by atoms with E-state index >= 15 is 0 Å². The molecule has 0 bridgehead atoms. The summed E-state index contributed by atoms with van der Waals surface area (Å²) in [4.78, 5) is 18.3. The second kappa shape index (κ2) is 11.6. The van der Waals surface area contributed by atoms with Crippen molar-refractivity contribution >= 4 is 17.3 Å². The molecule has 212 valence electrons. The average molecular weight is 572 g/mol. The van der Waals surface area contributed by atoms with Crippen LogP contribution in [0.15, 0.2) is 69.6 Å². The van der Waals surface area contributed by atoms with E-state index in [1.807, 2.05) is 43.3 Å². The maximum Gasteiger partial charge on any atom is 0.390 e. The molecule has 6 nitrogen and oxygen atoms in total. The first-order chi connectivity index (χ1) is 19.1. The fraction of sp³-hybridized carbons (Fsp3) is 0.433. The number of hydrogen-bond acceptors (Lipinski definition) is 4. The van der Waals surface area contributed by atoms with E-state index < -0.39 is 24.8 Å². The third-order valence-electron chi connectivity index (χ3n) is 7.81. The minimum atomic E-state index is -4.40. The molecule has 0 aliphatic heterocycles. The Morgan fingerprint density at radius 2 is 1.82 bits per heavy atom. The second-order valence-corrected chi connectivity index (χ2v) is 11.3. The van der Waals surface area contributed by atoms with E-state index in [0.29, 0.717) is 28.7 Å². The van der Waals surface area contributed by atoms with Gasteiger partial charge in [0.2, 0.25) is 0 Å². The van der Waals surface area contributed by atoms with Crippen molar-refractivity contribution in [2.24, 2.45) is 22.6 Å². The Hall–Kier alpha value is -3.33. The highest BCUT2D eigenvalue weighted by molar-refractivity contribution is 6.31. The minimum Gasteiger partial charge on any atom is -0.400 e. The summed E-state index contributed by atoms with van der Waals surface area (Å²) in [5.74, 6) is 1.47. The van der Waals surface area contributed by atoms with Crippen molar-refractivity contribution in [3.05, 3.63) is 86.4 Å². The highest BCUT2D eigenvalue weighted by Crippen LogP contribution is 2.44. The molecule has 2 fully saturated rings. The van der Waals surface area contributed by atoms with E-state index in [-0.39, 0.29) is 12.4 Å². The molecule has 0 saturated heterocycles. The van der Waals surface area contributed by atoms with Gasteiger partial charge in [0.1, 0.15) is 0 Å². The molecule has 40 heavy (non-hydrogen) atoms. The molecular formula is C30H33ClF3N5O. The Morgan fingerprint density at radius 3 is 2.50 bits per heavy atom. The van der Waals surface area contributed by atoms with Gasteiger partial charge in [-0.25, -0.2) is 9.48 Å². The minimum absolute atomic E-state index is 0.0226. The Labute approximate surface area is 236 Å². The first-order valence-electron chi connectivity index (χ1n) is 13.6. The molecule has 1 atom stereocenters. The monoisotopic (exact) mass is 571 g/mol. The fourth-order valence-corrected chi connectivity index (χ4v) is 5.58. The van der Waals surface area contributed by atoms with Crippen LogP contribution in [0.2, 0.25) is 5.02 Å². The highest BCUT2D eigenvalue weighted by atomic mass is 35.5. The molecule has 1 unspecified atom stereocenters. The van der Waals surface area contributed by atoms with Gasteiger partial charge in [0.05, 0.1) is 19.5 Å². The number of rotatable bonds is 8. The molecule has 0 amide bonds. The molecule has 2 aromatic carbocycles. The third-order valence-corrected chi connectivity index (χ3v) is 8.18. The van der Waals surface area contributed by atoms with Crippen molar-refractivity contribution in [2.45, 2.75) is 71.3 Å². The molecule has 2 aliphatic rings. The van der Waals surface area contributed by atoms with E-state index in [9.17, 15) is 18.0 Å². The maximum atomic E-state index is 13.3. The number of nitrogens with zero attached hydrogens (tertiary/aromatic N) is 4. The molecule has 2 N–H and O–H groups in total. The number of allylic oxidation sites excluding steroid dienone is 2. The summed E-state index contributed by atoms with van der Waals surface area (Å²) in [7, 11) is 0. The predicted molar refractivity (Wildman–Crippen MR) is 151 cm³/mol. The van der Waals surface area contributed by atoms with Gasteiger partial charge in [0.15, 0.2) is 5.82 Å². The largest absolute Gasteiger partial charge is 0.400 e.